The second kappa shape index (κ2) is 8.47. The largest absolute Gasteiger partial charge is 0.494 e. The molecule has 0 saturated heterocycles. The SMILES string of the molecule is CCOc1ccc(C(C)Nc2ncnc3c2CN(c2ccc(C)cn2)CC3)cc1. The topological polar surface area (TPSA) is 63.2 Å². The number of aryl methyl sites for hydroxylation is 1. The Morgan fingerprint density at radius 3 is 2.66 bits per heavy atom. The first-order valence-corrected chi connectivity index (χ1v) is 10.1. The summed E-state index contributed by atoms with van der Waals surface area (Å²) in [6, 6.07) is 12.5. The number of nitrogens with one attached hydrogen (secondary N) is 1. The number of anilines is 2. The molecule has 1 aliphatic rings. The quantitative estimate of drug-likeness (QED) is 0.678. The van der Waals surface area contributed by atoms with Gasteiger partial charge in [0.25, 0.3) is 0 Å². The molecule has 6 heteroatoms. The Kier molecular flexibility index (Phi) is 5.60. The average Bonchev–Trinajstić information content (AvgIpc) is 2.75. The standard InChI is InChI=1S/C23H27N5O/c1-4-29-19-8-6-18(7-9-19)17(3)27-23-20-14-28(12-11-21(20)25-15-26-23)22-10-5-16(2)13-24-22/h5-10,13,15,17H,4,11-12,14H2,1-3H3,(H,25,26,27). The third kappa shape index (κ3) is 4.31. The zero-order valence-corrected chi connectivity index (χ0v) is 17.2. The highest BCUT2D eigenvalue weighted by molar-refractivity contribution is 5.53. The van der Waals surface area contributed by atoms with Gasteiger partial charge in [-0.2, -0.15) is 0 Å². The highest BCUT2D eigenvalue weighted by Crippen LogP contribution is 2.28. The van der Waals surface area contributed by atoms with Crippen molar-refractivity contribution in [3.8, 4) is 5.75 Å². The fourth-order valence-electron chi connectivity index (χ4n) is 3.62. The summed E-state index contributed by atoms with van der Waals surface area (Å²) >= 11 is 0. The molecule has 0 bridgehead atoms. The second-order valence-electron chi connectivity index (χ2n) is 7.38. The van der Waals surface area contributed by atoms with Crippen LogP contribution in [0.3, 0.4) is 0 Å². The number of hydrogen-bond donors (Lipinski definition) is 1. The smallest absolute Gasteiger partial charge is 0.135 e. The molecular weight excluding hydrogens is 362 g/mol. The van der Waals surface area contributed by atoms with Gasteiger partial charge in [-0.05, 0) is 50.1 Å². The lowest BCUT2D eigenvalue weighted by Crippen LogP contribution is -2.32. The highest BCUT2D eigenvalue weighted by atomic mass is 16.5. The van der Waals surface area contributed by atoms with Crippen molar-refractivity contribution in [2.75, 3.05) is 23.4 Å². The molecule has 6 nitrogen and oxygen atoms in total. The van der Waals surface area contributed by atoms with Gasteiger partial charge in [0.05, 0.1) is 12.3 Å². The second-order valence-corrected chi connectivity index (χ2v) is 7.38. The number of fused-ring (bicyclic) bond motifs is 1. The molecule has 29 heavy (non-hydrogen) atoms. The molecule has 0 amide bonds. The number of hydrogen-bond acceptors (Lipinski definition) is 6. The van der Waals surface area contributed by atoms with Crippen LogP contribution in [0.25, 0.3) is 0 Å². The Bertz CT molecular complexity index is 956. The van der Waals surface area contributed by atoms with E-state index < -0.39 is 0 Å². The lowest BCUT2D eigenvalue weighted by molar-refractivity contribution is 0.340. The number of rotatable bonds is 6. The van der Waals surface area contributed by atoms with E-state index in [1.165, 1.54) is 11.1 Å². The maximum Gasteiger partial charge on any atom is 0.135 e. The van der Waals surface area contributed by atoms with Crippen LogP contribution < -0.4 is 15.0 Å². The van der Waals surface area contributed by atoms with Gasteiger partial charge in [0.2, 0.25) is 0 Å². The molecular formula is C23H27N5O. The number of nitrogens with zero attached hydrogens (tertiary/aromatic N) is 4. The number of aromatic nitrogens is 3. The average molecular weight is 390 g/mol. The minimum absolute atomic E-state index is 0.123. The van der Waals surface area contributed by atoms with Crippen LogP contribution in [0.4, 0.5) is 11.6 Å². The summed E-state index contributed by atoms with van der Waals surface area (Å²) in [6.45, 7) is 8.53. The van der Waals surface area contributed by atoms with Gasteiger partial charge in [0.1, 0.15) is 23.7 Å². The molecule has 0 radical (unpaired) electrons. The minimum atomic E-state index is 0.123. The predicted octanol–water partition coefficient (Wildman–Crippen LogP) is 4.31. The van der Waals surface area contributed by atoms with Crippen molar-refractivity contribution in [3.05, 3.63) is 71.3 Å². The summed E-state index contributed by atoms with van der Waals surface area (Å²) in [4.78, 5) is 16.0. The van der Waals surface area contributed by atoms with E-state index in [2.05, 4.69) is 63.3 Å². The lowest BCUT2D eigenvalue weighted by atomic mass is 10.0. The number of ether oxygens (including phenoxy) is 1. The van der Waals surface area contributed by atoms with Crippen LogP contribution in [0.2, 0.25) is 0 Å². The lowest BCUT2D eigenvalue weighted by Gasteiger charge is -2.30. The van der Waals surface area contributed by atoms with Gasteiger partial charge in [-0.3, -0.25) is 0 Å². The molecule has 0 saturated carbocycles. The highest BCUT2D eigenvalue weighted by Gasteiger charge is 2.23. The van der Waals surface area contributed by atoms with Gasteiger partial charge in [-0.25, -0.2) is 15.0 Å². The summed E-state index contributed by atoms with van der Waals surface area (Å²) in [5, 5.41) is 3.58. The van der Waals surface area contributed by atoms with E-state index >= 15 is 0 Å². The Labute approximate surface area is 172 Å². The number of benzene rings is 1. The molecule has 3 aromatic rings. The Balaban J connectivity index is 1.53. The maximum atomic E-state index is 5.54. The normalized spacial score (nSPS) is 14.2. The Morgan fingerprint density at radius 2 is 1.93 bits per heavy atom. The molecule has 1 aromatic carbocycles. The van der Waals surface area contributed by atoms with Crippen LogP contribution in [0.1, 0.15) is 42.3 Å². The van der Waals surface area contributed by atoms with Gasteiger partial charge in [0, 0.05) is 37.3 Å². The molecule has 0 aliphatic carbocycles. The van der Waals surface area contributed by atoms with Crippen LogP contribution in [-0.2, 0) is 13.0 Å². The summed E-state index contributed by atoms with van der Waals surface area (Å²) in [5.41, 5.74) is 4.62. The van der Waals surface area contributed by atoms with Gasteiger partial charge in [0.15, 0.2) is 0 Å². The van der Waals surface area contributed by atoms with E-state index in [9.17, 15) is 0 Å². The molecule has 1 unspecified atom stereocenters. The van der Waals surface area contributed by atoms with Crippen molar-refractivity contribution in [1.82, 2.24) is 15.0 Å². The maximum absolute atomic E-state index is 5.54. The zero-order chi connectivity index (χ0) is 20.2. The van der Waals surface area contributed by atoms with Crippen molar-refractivity contribution in [1.29, 1.82) is 0 Å². The van der Waals surface area contributed by atoms with Crippen molar-refractivity contribution in [3.63, 3.8) is 0 Å². The van der Waals surface area contributed by atoms with E-state index in [4.69, 9.17) is 4.74 Å². The fraction of sp³-hybridized carbons (Fsp3) is 0.348. The number of pyridine rings is 1. The van der Waals surface area contributed by atoms with E-state index in [0.717, 1.165) is 48.2 Å². The van der Waals surface area contributed by atoms with E-state index in [1.807, 2.05) is 25.3 Å². The molecule has 3 heterocycles. The molecule has 4 rings (SSSR count). The summed E-state index contributed by atoms with van der Waals surface area (Å²) in [5.74, 6) is 2.79. The van der Waals surface area contributed by atoms with Crippen molar-refractivity contribution in [2.45, 2.75) is 39.8 Å². The van der Waals surface area contributed by atoms with Crippen LogP contribution in [0.5, 0.6) is 5.75 Å². The van der Waals surface area contributed by atoms with Crippen molar-refractivity contribution in [2.24, 2.45) is 0 Å². The van der Waals surface area contributed by atoms with Crippen LogP contribution >= 0.6 is 0 Å². The first kappa shape index (κ1) is 19.2. The fourth-order valence-corrected chi connectivity index (χ4v) is 3.62. The predicted molar refractivity (Wildman–Crippen MR) is 115 cm³/mol. The van der Waals surface area contributed by atoms with Crippen LogP contribution in [0.15, 0.2) is 48.9 Å². The Morgan fingerprint density at radius 1 is 1.10 bits per heavy atom. The van der Waals surface area contributed by atoms with Crippen LogP contribution in [-0.4, -0.2) is 28.1 Å². The summed E-state index contributed by atoms with van der Waals surface area (Å²) in [7, 11) is 0. The monoisotopic (exact) mass is 389 g/mol. The molecule has 150 valence electrons. The molecule has 1 atom stereocenters. The third-order valence-electron chi connectivity index (χ3n) is 5.27. The summed E-state index contributed by atoms with van der Waals surface area (Å²) < 4.78 is 5.54. The van der Waals surface area contributed by atoms with Gasteiger partial charge in [-0.1, -0.05) is 18.2 Å². The third-order valence-corrected chi connectivity index (χ3v) is 5.27. The first-order valence-electron chi connectivity index (χ1n) is 10.1. The van der Waals surface area contributed by atoms with Gasteiger partial charge >= 0.3 is 0 Å². The molecule has 0 fully saturated rings. The molecule has 0 spiro atoms. The summed E-state index contributed by atoms with van der Waals surface area (Å²) in [6.07, 6.45) is 4.46. The first-order chi connectivity index (χ1) is 14.1. The van der Waals surface area contributed by atoms with E-state index in [0.29, 0.717) is 6.61 Å². The Hall–Kier alpha value is -3.15. The van der Waals surface area contributed by atoms with Crippen molar-refractivity contribution >= 4 is 11.6 Å². The van der Waals surface area contributed by atoms with Crippen LogP contribution in [0, 0.1) is 6.92 Å². The van der Waals surface area contributed by atoms with Crippen molar-refractivity contribution < 1.29 is 4.74 Å². The van der Waals surface area contributed by atoms with Gasteiger partial charge < -0.3 is 15.0 Å². The minimum Gasteiger partial charge on any atom is -0.494 e. The molecule has 1 N–H and O–H groups in total. The van der Waals surface area contributed by atoms with Gasteiger partial charge in [-0.15, -0.1) is 0 Å². The zero-order valence-electron chi connectivity index (χ0n) is 17.2. The van der Waals surface area contributed by atoms with E-state index in [1.54, 1.807) is 6.33 Å². The van der Waals surface area contributed by atoms with E-state index in [-0.39, 0.29) is 6.04 Å². The molecule has 1 aliphatic heterocycles. The molecule has 2 aromatic heterocycles.